The maximum atomic E-state index is 13.4. The van der Waals surface area contributed by atoms with Gasteiger partial charge in [0.1, 0.15) is 17.4 Å². The number of rotatable bonds is 3. The second-order valence-corrected chi connectivity index (χ2v) is 4.90. The third kappa shape index (κ3) is 2.01. The number of nitrogens with one attached hydrogen (secondary N) is 1. The summed E-state index contributed by atoms with van der Waals surface area (Å²) in [4.78, 5) is 0. The van der Waals surface area contributed by atoms with Gasteiger partial charge in [-0.05, 0) is 44.7 Å². The van der Waals surface area contributed by atoms with Crippen LogP contribution < -0.4 is 5.32 Å². The van der Waals surface area contributed by atoms with Gasteiger partial charge in [-0.25, -0.2) is 4.39 Å². The molecule has 0 aromatic heterocycles. The number of benzene rings is 1. The monoisotopic (exact) mass is 218 g/mol. The van der Waals surface area contributed by atoms with Gasteiger partial charge in [-0.15, -0.1) is 0 Å². The standard InChI is InChI=1S/C13H15FN2/c1-13(2,9-6-7-9)16-12-5-3-4-11(14)10(12)8-15/h3-5,9,16H,6-7H2,1-2H3. The summed E-state index contributed by atoms with van der Waals surface area (Å²) in [6.07, 6.45) is 2.41. The Morgan fingerprint density at radius 3 is 2.69 bits per heavy atom. The normalized spacial score (nSPS) is 15.6. The molecule has 16 heavy (non-hydrogen) atoms. The van der Waals surface area contributed by atoms with E-state index in [-0.39, 0.29) is 11.1 Å². The van der Waals surface area contributed by atoms with Crippen LogP contribution in [0.25, 0.3) is 0 Å². The number of nitriles is 1. The minimum Gasteiger partial charge on any atom is -0.379 e. The lowest BCUT2D eigenvalue weighted by Gasteiger charge is -2.28. The lowest BCUT2D eigenvalue weighted by atomic mass is 9.97. The molecule has 3 heteroatoms. The fourth-order valence-electron chi connectivity index (χ4n) is 2.00. The number of anilines is 1. The summed E-state index contributed by atoms with van der Waals surface area (Å²) in [5.41, 5.74) is 0.634. The molecule has 0 unspecified atom stereocenters. The van der Waals surface area contributed by atoms with Gasteiger partial charge >= 0.3 is 0 Å². The maximum absolute atomic E-state index is 13.4. The predicted molar refractivity (Wildman–Crippen MR) is 61.5 cm³/mol. The zero-order chi connectivity index (χ0) is 11.8. The third-order valence-corrected chi connectivity index (χ3v) is 3.18. The molecular formula is C13H15FN2. The molecule has 1 aromatic rings. The zero-order valence-electron chi connectivity index (χ0n) is 9.55. The van der Waals surface area contributed by atoms with E-state index in [0.29, 0.717) is 11.6 Å². The molecule has 0 atom stereocenters. The Bertz CT molecular complexity index is 442. The van der Waals surface area contributed by atoms with E-state index in [1.165, 1.54) is 18.9 Å². The Labute approximate surface area is 95.1 Å². The average molecular weight is 218 g/mol. The van der Waals surface area contributed by atoms with Crippen LogP contribution in [-0.4, -0.2) is 5.54 Å². The predicted octanol–water partition coefficient (Wildman–Crippen LogP) is 3.30. The van der Waals surface area contributed by atoms with Crippen LogP contribution in [0.2, 0.25) is 0 Å². The Morgan fingerprint density at radius 1 is 1.44 bits per heavy atom. The largest absolute Gasteiger partial charge is 0.379 e. The highest BCUT2D eigenvalue weighted by molar-refractivity contribution is 5.59. The molecule has 0 heterocycles. The van der Waals surface area contributed by atoms with E-state index >= 15 is 0 Å². The summed E-state index contributed by atoms with van der Waals surface area (Å²) < 4.78 is 13.4. The van der Waals surface area contributed by atoms with Crippen molar-refractivity contribution in [2.45, 2.75) is 32.2 Å². The van der Waals surface area contributed by atoms with Crippen molar-refractivity contribution in [3.8, 4) is 6.07 Å². The highest BCUT2D eigenvalue weighted by atomic mass is 19.1. The quantitative estimate of drug-likeness (QED) is 0.845. The van der Waals surface area contributed by atoms with E-state index in [2.05, 4.69) is 19.2 Å². The first-order valence-electron chi connectivity index (χ1n) is 5.51. The molecule has 1 fully saturated rings. The summed E-state index contributed by atoms with van der Waals surface area (Å²) in [5, 5.41) is 12.2. The van der Waals surface area contributed by atoms with Gasteiger partial charge in [0.25, 0.3) is 0 Å². The van der Waals surface area contributed by atoms with Crippen LogP contribution in [0.5, 0.6) is 0 Å². The molecule has 1 N–H and O–H groups in total. The van der Waals surface area contributed by atoms with Gasteiger partial charge in [0.15, 0.2) is 0 Å². The van der Waals surface area contributed by atoms with Crippen molar-refractivity contribution in [3.05, 3.63) is 29.6 Å². The van der Waals surface area contributed by atoms with Gasteiger partial charge in [-0.2, -0.15) is 5.26 Å². The molecule has 1 aromatic carbocycles. The second-order valence-electron chi connectivity index (χ2n) is 4.90. The molecule has 2 nitrogen and oxygen atoms in total. The van der Waals surface area contributed by atoms with E-state index in [0.717, 1.165) is 0 Å². The Morgan fingerprint density at radius 2 is 2.12 bits per heavy atom. The van der Waals surface area contributed by atoms with Crippen LogP contribution in [0.1, 0.15) is 32.3 Å². The Kier molecular flexibility index (Phi) is 2.59. The molecule has 0 spiro atoms. The molecule has 1 saturated carbocycles. The zero-order valence-corrected chi connectivity index (χ0v) is 9.55. The van der Waals surface area contributed by atoms with Crippen molar-refractivity contribution in [1.82, 2.24) is 0 Å². The minimum atomic E-state index is -0.459. The highest BCUT2D eigenvalue weighted by Crippen LogP contribution is 2.41. The molecule has 0 saturated heterocycles. The lowest BCUT2D eigenvalue weighted by Crippen LogP contribution is -2.33. The second kappa shape index (κ2) is 3.79. The smallest absolute Gasteiger partial charge is 0.143 e. The molecule has 0 bridgehead atoms. The molecule has 1 aliphatic carbocycles. The van der Waals surface area contributed by atoms with Gasteiger partial charge in [0.2, 0.25) is 0 Å². The van der Waals surface area contributed by atoms with Crippen molar-refractivity contribution in [1.29, 1.82) is 5.26 Å². The molecule has 2 rings (SSSR count). The first-order chi connectivity index (χ1) is 7.54. The first-order valence-corrected chi connectivity index (χ1v) is 5.51. The van der Waals surface area contributed by atoms with E-state index < -0.39 is 5.82 Å². The molecule has 1 aliphatic rings. The molecular weight excluding hydrogens is 203 g/mol. The number of nitrogens with zero attached hydrogens (tertiary/aromatic N) is 1. The fourth-order valence-corrected chi connectivity index (χ4v) is 2.00. The Hall–Kier alpha value is -1.56. The molecule has 0 aliphatic heterocycles. The highest BCUT2D eigenvalue weighted by Gasteiger charge is 2.38. The van der Waals surface area contributed by atoms with Gasteiger partial charge < -0.3 is 5.32 Å². The van der Waals surface area contributed by atoms with E-state index in [1.54, 1.807) is 12.1 Å². The topological polar surface area (TPSA) is 35.8 Å². The van der Waals surface area contributed by atoms with Crippen molar-refractivity contribution in [2.75, 3.05) is 5.32 Å². The van der Waals surface area contributed by atoms with Crippen molar-refractivity contribution in [2.24, 2.45) is 5.92 Å². The van der Waals surface area contributed by atoms with Gasteiger partial charge in [0.05, 0.1) is 5.69 Å². The molecule has 0 radical (unpaired) electrons. The average Bonchev–Trinajstić information content (AvgIpc) is 3.00. The van der Waals surface area contributed by atoms with Crippen LogP contribution >= 0.6 is 0 Å². The lowest BCUT2D eigenvalue weighted by molar-refractivity contribution is 0.494. The minimum absolute atomic E-state index is 0.0700. The van der Waals surface area contributed by atoms with Crippen LogP contribution in [0.3, 0.4) is 0 Å². The van der Waals surface area contributed by atoms with Crippen LogP contribution in [0.4, 0.5) is 10.1 Å². The summed E-state index contributed by atoms with van der Waals surface area (Å²) in [6.45, 7) is 4.19. The van der Waals surface area contributed by atoms with Crippen LogP contribution in [0.15, 0.2) is 18.2 Å². The van der Waals surface area contributed by atoms with E-state index in [1.807, 2.05) is 6.07 Å². The van der Waals surface area contributed by atoms with Crippen molar-refractivity contribution >= 4 is 5.69 Å². The number of hydrogen-bond acceptors (Lipinski definition) is 2. The number of hydrogen-bond donors (Lipinski definition) is 1. The summed E-state index contributed by atoms with van der Waals surface area (Å²) in [6, 6.07) is 6.60. The van der Waals surface area contributed by atoms with Gasteiger partial charge in [-0.1, -0.05) is 6.07 Å². The van der Waals surface area contributed by atoms with E-state index in [4.69, 9.17) is 5.26 Å². The van der Waals surface area contributed by atoms with Crippen molar-refractivity contribution in [3.63, 3.8) is 0 Å². The SMILES string of the molecule is CC(C)(Nc1cccc(F)c1C#N)C1CC1. The van der Waals surface area contributed by atoms with Gasteiger partial charge in [-0.3, -0.25) is 0 Å². The number of halogens is 1. The Balaban J connectivity index is 2.28. The van der Waals surface area contributed by atoms with E-state index in [9.17, 15) is 4.39 Å². The van der Waals surface area contributed by atoms with Crippen LogP contribution in [0, 0.1) is 23.1 Å². The fraction of sp³-hybridized carbons (Fsp3) is 0.462. The van der Waals surface area contributed by atoms with Crippen LogP contribution in [-0.2, 0) is 0 Å². The first kappa shape index (κ1) is 10.9. The third-order valence-electron chi connectivity index (χ3n) is 3.18. The summed E-state index contributed by atoms with van der Waals surface area (Å²) >= 11 is 0. The molecule has 0 amide bonds. The van der Waals surface area contributed by atoms with Crippen molar-refractivity contribution < 1.29 is 4.39 Å². The van der Waals surface area contributed by atoms with Gasteiger partial charge in [0, 0.05) is 5.54 Å². The summed E-state index contributed by atoms with van der Waals surface area (Å²) in [5.74, 6) is 0.168. The maximum Gasteiger partial charge on any atom is 0.143 e. The molecule has 84 valence electrons. The summed E-state index contributed by atoms with van der Waals surface area (Å²) in [7, 11) is 0.